The van der Waals surface area contributed by atoms with Crippen molar-refractivity contribution in [3.63, 3.8) is 0 Å². The molecule has 47 heavy (non-hydrogen) atoms. The third-order valence-corrected chi connectivity index (χ3v) is 10.5. The second kappa shape index (κ2) is 10.3. The highest BCUT2D eigenvalue weighted by Crippen LogP contribution is 2.73. The maximum Gasteiger partial charge on any atom is 0.472 e. The molecule has 1 aliphatic carbocycles. The Morgan fingerprint density at radius 3 is 2.47 bits per heavy atom. The van der Waals surface area contributed by atoms with Crippen LogP contribution in [-0.2, 0) is 36.7 Å². The number of halogens is 2. The minimum Gasteiger partial charge on any atom is -0.386 e. The summed E-state index contributed by atoms with van der Waals surface area (Å²) in [6.07, 6.45) is -8.07. The van der Waals surface area contributed by atoms with E-state index in [1.807, 2.05) is 0 Å². The second-order valence-electron chi connectivity index (χ2n) is 11.3. The van der Waals surface area contributed by atoms with Crippen molar-refractivity contribution in [1.82, 2.24) is 39.0 Å². The summed E-state index contributed by atoms with van der Waals surface area (Å²) in [7, 11) is -10.5. The Bertz CT molecular complexity index is 2060. The molecule has 0 amide bonds. The number of rotatable bonds is 2. The number of phosphoric ester groups is 2. The summed E-state index contributed by atoms with van der Waals surface area (Å²) in [5, 5.41) is 11.2. The highest BCUT2D eigenvalue weighted by Gasteiger charge is 2.84. The molecule has 8 rings (SSSR count). The number of fused-ring (bicyclic) bond motifs is 3. The van der Waals surface area contributed by atoms with Gasteiger partial charge in [0.05, 0.1) is 43.6 Å². The zero-order valence-corrected chi connectivity index (χ0v) is 25.1. The van der Waals surface area contributed by atoms with Crippen molar-refractivity contribution in [3.05, 3.63) is 35.5 Å². The Morgan fingerprint density at radius 2 is 1.70 bits per heavy atom. The molecule has 1 spiro atoms. The van der Waals surface area contributed by atoms with Crippen LogP contribution in [0.3, 0.4) is 0 Å². The van der Waals surface area contributed by atoms with Gasteiger partial charge in [-0.3, -0.25) is 37.0 Å². The number of hydrogen-bond donors (Lipinski definition) is 5. The molecule has 10 atom stereocenters. The first-order valence-corrected chi connectivity index (χ1v) is 16.7. The van der Waals surface area contributed by atoms with Gasteiger partial charge in [0.15, 0.2) is 29.3 Å². The minimum absolute atomic E-state index is 0.109. The number of aromatic amines is 1. The summed E-state index contributed by atoms with van der Waals surface area (Å²) in [5.41, 5.74) is 2.63. The fourth-order valence-corrected chi connectivity index (χ4v) is 8.26. The number of aliphatic hydroxyl groups excluding tert-OH is 1. The SMILES string of the molecule is Nc1nc2c(ncn2[C@@H]2O[C@@H]3COP(=O)(O)O[C@H]4[C@H](n5cnc6cncnc65)O[C@H](COP(=O)(O)O[C@H]3[C@H]2O)[C@@]42CC2(F)F)c(=O)[nH]1. The van der Waals surface area contributed by atoms with E-state index >= 15 is 8.78 Å². The molecule has 4 fully saturated rings. The maximum atomic E-state index is 15.2. The Hall–Kier alpha value is -3.34. The molecule has 3 aliphatic heterocycles. The summed E-state index contributed by atoms with van der Waals surface area (Å²) in [6.45, 7) is -1.92. The van der Waals surface area contributed by atoms with Gasteiger partial charge in [-0.1, -0.05) is 0 Å². The van der Waals surface area contributed by atoms with Crippen molar-refractivity contribution in [2.75, 3.05) is 18.9 Å². The van der Waals surface area contributed by atoms with Gasteiger partial charge in [0.1, 0.15) is 36.3 Å². The van der Waals surface area contributed by atoms with E-state index in [2.05, 4.69) is 29.9 Å². The summed E-state index contributed by atoms with van der Waals surface area (Å²) in [6, 6.07) is 0. The van der Waals surface area contributed by atoms with Gasteiger partial charge in [0.25, 0.3) is 11.5 Å². The number of H-pyrrole nitrogens is 1. The highest BCUT2D eigenvalue weighted by atomic mass is 31.2. The van der Waals surface area contributed by atoms with Crippen molar-refractivity contribution in [3.8, 4) is 0 Å². The number of aromatic nitrogens is 8. The van der Waals surface area contributed by atoms with Crippen molar-refractivity contribution in [1.29, 1.82) is 0 Å². The van der Waals surface area contributed by atoms with Crippen LogP contribution in [0.4, 0.5) is 14.7 Å². The van der Waals surface area contributed by atoms with Gasteiger partial charge in [-0.05, 0) is 0 Å². The number of imidazole rings is 2. The maximum absolute atomic E-state index is 15.2. The molecule has 4 aromatic rings. The molecule has 25 heteroatoms. The van der Waals surface area contributed by atoms with Crippen molar-refractivity contribution in [2.24, 2.45) is 5.41 Å². The standard InChI is InChI=1S/C22H23F2N9O12P2/c23-22(24)4-21(22)10-3-41-46(36,37)44-13-9(42-18(12(13)34)33-7-29-11-16(33)30-20(25)31-17(11)35)2-40-47(38,39)45-14(21)19(43-10)32-6-28-8-1-26-5-27-15(8)32/h1,5-7,9-10,12-14,18-19,34H,2-4H2,(H,36,37)(H,38,39)(H3,25,30,31,35)/t9-,10-,12-,13-,14+,18-,19-,21+/m1/s1. The molecule has 0 radical (unpaired) electrons. The zero-order chi connectivity index (χ0) is 33.1. The van der Waals surface area contributed by atoms with Crippen LogP contribution in [0, 0.1) is 5.41 Å². The van der Waals surface area contributed by atoms with Gasteiger partial charge >= 0.3 is 15.6 Å². The average molecular weight is 705 g/mol. The molecule has 252 valence electrons. The van der Waals surface area contributed by atoms with E-state index in [1.54, 1.807) is 0 Å². The molecule has 4 aliphatic rings. The summed E-state index contributed by atoms with van der Waals surface area (Å²) >= 11 is 0. The Kier molecular flexibility index (Phi) is 6.80. The van der Waals surface area contributed by atoms with Crippen molar-refractivity contribution < 1.29 is 60.4 Å². The third-order valence-electron chi connectivity index (χ3n) is 8.55. The smallest absolute Gasteiger partial charge is 0.386 e. The van der Waals surface area contributed by atoms with Crippen LogP contribution >= 0.6 is 15.6 Å². The average Bonchev–Trinajstić information content (AvgIpc) is 3.48. The number of alkyl halides is 2. The van der Waals surface area contributed by atoms with E-state index in [-0.39, 0.29) is 28.3 Å². The van der Waals surface area contributed by atoms with E-state index < -0.39 is 95.2 Å². The lowest BCUT2D eigenvalue weighted by atomic mass is 9.94. The number of aliphatic hydroxyl groups is 1. The van der Waals surface area contributed by atoms with Crippen LogP contribution < -0.4 is 11.3 Å². The Morgan fingerprint density at radius 1 is 1.00 bits per heavy atom. The number of nitrogens with two attached hydrogens (primary N) is 1. The quantitative estimate of drug-likeness (QED) is 0.168. The highest BCUT2D eigenvalue weighted by molar-refractivity contribution is 7.47. The molecule has 1 saturated carbocycles. The largest absolute Gasteiger partial charge is 0.472 e. The van der Waals surface area contributed by atoms with Gasteiger partial charge in [-0.15, -0.1) is 0 Å². The van der Waals surface area contributed by atoms with Crippen LogP contribution in [0.1, 0.15) is 18.9 Å². The van der Waals surface area contributed by atoms with Gasteiger partial charge < -0.3 is 30.1 Å². The number of nitrogen functional groups attached to an aromatic ring is 1. The Balaban J connectivity index is 1.15. The normalized spacial score (nSPS) is 40.2. The predicted molar refractivity (Wildman–Crippen MR) is 145 cm³/mol. The summed E-state index contributed by atoms with van der Waals surface area (Å²) in [5.74, 6) is -3.84. The lowest BCUT2D eigenvalue weighted by Gasteiger charge is -2.27. The van der Waals surface area contributed by atoms with E-state index in [1.165, 1.54) is 17.1 Å². The lowest BCUT2D eigenvalue weighted by molar-refractivity contribution is -0.0673. The lowest BCUT2D eigenvalue weighted by Crippen LogP contribution is -2.37. The number of nitrogens with zero attached hydrogens (tertiary/aromatic N) is 7. The number of anilines is 1. The van der Waals surface area contributed by atoms with E-state index in [0.717, 1.165) is 17.2 Å². The van der Waals surface area contributed by atoms with Gasteiger partial charge in [-0.25, -0.2) is 37.8 Å². The molecule has 7 heterocycles. The summed E-state index contributed by atoms with van der Waals surface area (Å²) in [4.78, 5) is 56.0. The first-order chi connectivity index (χ1) is 22.2. The molecule has 6 N–H and O–H groups in total. The third kappa shape index (κ3) is 4.84. The summed E-state index contributed by atoms with van der Waals surface area (Å²) < 4.78 is 92.0. The van der Waals surface area contributed by atoms with Crippen molar-refractivity contribution in [2.45, 2.75) is 55.3 Å². The van der Waals surface area contributed by atoms with Crippen LogP contribution in [-0.4, -0.2) is 104 Å². The topological polar surface area (TPSA) is 283 Å². The monoisotopic (exact) mass is 705 g/mol. The zero-order valence-electron chi connectivity index (χ0n) is 23.3. The first-order valence-electron chi connectivity index (χ1n) is 13.7. The molecule has 3 saturated heterocycles. The molecule has 21 nitrogen and oxygen atoms in total. The molecular formula is C22H23F2N9O12P2. The van der Waals surface area contributed by atoms with Gasteiger partial charge in [0.2, 0.25) is 5.95 Å². The van der Waals surface area contributed by atoms with Crippen LogP contribution in [0.2, 0.25) is 0 Å². The molecule has 2 unspecified atom stereocenters. The van der Waals surface area contributed by atoms with E-state index in [4.69, 9.17) is 33.3 Å². The number of nitrogens with one attached hydrogen (secondary N) is 1. The van der Waals surface area contributed by atoms with Crippen LogP contribution in [0.15, 0.2) is 30.0 Å². The molecular weight excluding hydrogens is 682 g/mol. The molecule has 2 bridgehead atoms. The molecule has 4 aromatic heterocycles. The number of hydrogen-bond acceptors (Lipinski definition) is 16. The predicted octanol–water partition coefficient (Wildman–Crippen LogP) is -0.259. The molecule has 0 aromatic carbocycles. The van der Waals surface area contributed by atoms with Crippen LogP contribution in [0.25, 0.3) is 22.3 Å². The Labute approximate surface area is 258 Å². The fourth-order valence-electron chi connectivity index (χ4n) is 6.33. The number of ether oxygens (including phenoxy) is 2. The minimum atomic E-state index is -5.29. The van der Waals surface area contributed by atoms with Gasteiger partial charge in [0, 0.05) is 6.42 Å². The first kappa shape index (κ1) is 31.0. The van der Waals surface area contributed by atoms with E-state index in [0.29, 0.717) is 0 Å². The van der Waals surface area contributed by atoms with Gasteiger partial charge in [-0.2, -0.15) is 4.98 Å². The van der Waals surface area contributed by atoms with E-state index in [9.17, 15) is 28.8 Å². The fraction of sp³-hybridized carbons (Fsp3) is 0.545. The number of phosphoric acid groups is 2. The van der Waals surface area contributed by atoms with Crippen LogP contribution in [0.5, 0.6) is 0 Å². The van der Waals surface area contributed by atoms with Crippen molar-refractivity contribution >= 4 is 43.9 Å². The second-order valence-corrected chi connectivity index (χ2v) is 14.1.